The van der Waals surface area contributed by atoms with Crippen LogP contribution < -0.4 is 10.8 Å². The molecule has 5 heteroatoms. The Kier molecular flexibility index (Phi) is 4.18. The van der Waals surface area contributed by atoms with Gasteiger partial charge < -0.3 is 15.4 Å². The maximum Gasteiger partial charge on any atom is 0.488 e. The van der Waals surface area contributed by atoms with Crippen LogP contribution in [0.15, 0.2) is 24.3 Å². The van der Waals surface area contributed by atoms with Gasteiger partial charge in [0.1, 0.15) is 0 Å². The zero-order valence-corrected chi connectivity index (χ0v) is 10.1. The molecular weight excluding hydrogens is 215 g/mol. The number of piperazine rings is 1. The van der Waals surface area contributed by atoms with E-state index in [-0.39, 0.29) is 0 Å². The molecule has 1 fully saturated rings. The SMILES string of the molecule is C[C@@H](c1ccc(B(O)O)cc1)N1CCNCC1. The molecule has 0 aromatic heterocycles. The minimum absolute atomic E-state index is 0.377. The molecule has 0 radical (unpaired) electrons. The zero-order valence-electron chi connectivity index (χ0n) is 10.1. The molecule has 2 rings (SSSR count). The van der Waals surface area contributed by atoms with Crippen molar-refractivity contribution in [1.82, 2.24) is 10.2 Å². The first-order valence-corrected chi connectivity index (χ1v) is 6.09. The fraction of sp³-hybridized carbons (Fsp3) is 0.500. The van der Waals surface area contributed by atoms with Gasteiger partial charge in [0.25, 0.3) is 0 Å². The monoisotopic (exact) mass is 234 g/mol. The third-order valence-corrected chi connectivity index (χ3v) is 3.42. The van der Waals surface area contributed by atoms with Crippen LogP contribution in [0.2, 0.25) is 0 Å². The van der Waals surface area contributed by atoms with E-state index in [1.807, 2.05) is 12.1 Å². The summed E-state index contributed by atoms with van der Waals surface area (Å²) in [5.74, 6) is 0. The van der Waals surface area contributed by atoms with Crippen LogP contribution in [0.1, 0.15) is 18.5 Å². The second-order valence-corrected chi connectivity index (χ2v) is 4.50. The smallest absolute Gasteiger partial charge is 0.423 e. The zero-order chi connectivity index (χ0) is 12.3. The van der Waals surface area contributed by atoms with Gasteiger partial charge >= 0.3 is 7.12 Å². The number of rotatable bonds is 3. The van der Waals surface area contributed by atoms with Crippen molar-refractivity contribution in [3.05, 3.63) is 29.8 Å². The predicted molar refractivity (Wildman–Crippen MR) is 69.1 cm³/mol. The fourth-order valence-electron chi connectivity index (χ4n) is 2.23. The molecule has 3 N–H and O–H groups in total. The summed E-state index contributed by atoms with van der Waals surface area (Å²) in [6.45, 7) is 6.39. The lowest BCUT2D eigenvalue weighted by molar-refractivity contribution is 0.185. The van der Waals surface area contributed by atoms with Crippen molar-refractivity contribution in [1.29, 1.82) is 0 Å². The van der Waals surface area contributed by atoms with Crippen molar-refractivity contribution < 1.29 is 10.0 Å². The molecule has 1 atom stereocenters. The molecule has 1 aliphatic heterocycles. The summed E-state index contributed by atoms with van der Waals surface area (Å²) >= 11 is 0. The van der Waals surface area contributed by atoms with Gasteiger partial charge in [0, 0.05) is 32.2 Å². The van der Waals surface area contributed by atoms with Crippen molar-refractivity contribution in [3.63, 3.8) is 0 Å². The van der Waals surface area contributed by atoms with E-state index in [0.29, 0.717) is 11.5 Å². The van der Waals surface area contributed by atoms with Crippen molar-refractivity contribution >= 4 is 12.6 Å². The molecule has 1 aromatic carbocycles. The van der Waals surface area contributed by atoms with E-state index in [0.717, 1.165) is 26.2 Å². The van der Waals surface area contributed by atoms with Gasteiger partial charge in [0.2, 0.25) is 0 Å². The summed E-state index contributed by atoms with van der Waals surface area (Å²) in [7, 11) is -1.38. The van der Waals surface area contributed by atoms with Crippen molar-refractivity contribution in [3.8, 4) is 0 Å². The molecular formula is C12H19BN2O2. The Morgan fingerprint density at radius 3 is 2.29 bits per heavy atom. The minimum atomic E-state index is -1.38. The number of nitrogens with zero attached hydrogens (tertiary/aromatic N) is 1. The van der Waals surface area contributed by atoms with Gasteiger partial charge in [0.15, 0.2) is 0 Å². The maximum absolute atomic E-state index is 9.04. The topological polar surface area (TPSA) is 55.7 Å². The predicted octanol–water partition coefficient (Wildman–Crippen LogP) is -0.667. The van der Waals surface area contributed by atoms with Gasteiger partial charge in [-0.05, 0) is 17.9 Å². The van der Waals surface area contributed by atoms with E-state index in [4.69, 9.17) is 10.0 Å². The first kappa shape index (κ1) is 12.6. The number of hydrogen-bond donors (Lipinski definition) is 3. The highest BCUT2D eigenvalue weighted by atomic mass is 16.4. The average molecular weight is 234 g/mol. The van der Waals surface area contributed by atoms with E-state index < -0.39 is 7.12 Å². The van der Waals surface area contributed by atoms with Crippen LogP contribution in [-0.4, -0.2) is 48.2 Å². The van der Waals surface area contributed by atoms with Gasteiger partial charge in [-0.2, -0.15) is 0 Å². The van der Waals surface area contributed by atoms with Crippen molar-refractivity contribution in [2.24, 2.45) is 0 Å². The highest BCUT2D eigenvalue weighted by Crippen LogP contribution is 2.19. The highest BCUT2D eigenvalue weighted by molar-refractivity contribution is 6.58. The molecule has 0 amide bonds. The Morgan fingerprint density at radius 1 is 1.18 bits per heavy atom. The van der Waals surface area contributed by atoms with Crippen molar-refractivity contribution in [2.75, 3.05) is 26.2 Å². The molecule has 1 aromatic rings. The standard InChI is InChI=1S/C12H19BN2O2/c1-10(15-8-6-14-7-9-15)11-2-4-12(5-3-11)13(16)17/h2-5,10,14,16-17H,6-9H2,1H3/t10-/m0/s1. The van der Waals surface area contributed by atoms with Crippen LogP contribution in [0.5, 0.6) is 0 Å². The van der Waals surface area contributed by atoms with Gasteiger partial charge in [-0.25, -0.2) is 0 Å². The van der Waals surface area contributed by atoms with Crippen LogP contribution in [0, 0.1) is 0 Å². The Balaban J connectivity index is 2.05. The first-order valence-electron chi connectivity index (χ1n) is 6.09. The van der Waals surface area contributed by atoms with E-state index in [1.165, 1.54) is 5.56 Å². The van der Waals surface area contributed by atoms with Crippen LogP contribution >= 0.6 is 0 Å². The third-order valence-electron chi connectivity index (χ3n) is 3.42. The van der Waals surface area contributed by atoms with Crippen LogP contribution in [-0.2, 0) is 0 Å². The summed E-state index contributed by atoms with van der Waals surface area (Å²) in [5, 5.41) is 21.4. The van der Waals surface area contributed by atoms with Crippen LogP contribution in [0.4, 0.5) is 0 Å². The number of hydrogen-bond acceptors (Lipinski definition) is 4. The first-order chi connectivity index (χ1) is 8.18. The lowest BCUT2D eigenvalue weighted by Crippen LogP contribution is -2.44. The van der Waals surface area contributed by atoms with Crippen molar-refractivity contribution in [2.45, 2.75) is 13.0 Å². The van der Waals surface area contributed by atoms with E-state index in [2.05, 4.69) is 17.1 Å². The van der Waals surface area contributed by atoms with Crippen LogP contribution in [0.3, 0.4) is 0 Å². The quantitative estimate of drug-likeness (QED) is 0.607. The van der Waals surface area contributed by atoms with Crippen LogP contribution in [0.25, 0.3) is 0 Å². The summed E-state index contributed by atoms with van der Waals surface area (Å²) < 4.78 is 0. The Morgan fingerprint density at radius 2 is 1.76 bits per heavy atom. The van der Waals surface area contributed by atoms with Gasteiger partial charge in [-0.1, -0.05) is 24.3 Å². The number of nitrogens with one attached hydrogen (secondary N) is 1. The Hall–Kier alpha value is -0.875. The molecule has 0 spiro atoms. The Bertz CT molecular complexity index is 350. The lowest BCUT2D eigenvalue weighted by atomic mass is 9.80. The normalized spacial score (nSPS) is 19.0. The molecule has 0 aliphatic carbocycles. The summed E-state index contributed by atoms with van der Waals surface area (Å²) in [5.41, 5.74) is 1.76. The summed E-state index contributed by atoms with van der Waals surface area (Å²) in [4.78, 5) is 2.43. The molecule has 1 heterocycles. The largest absolute Gasteiger partial charge is 0.488 e. The minimum Gasteiger partial charge on any atom is -0.423 e. The fourth-order valence-corrected chi connectivity index (χ4v) is 2.23. The van der Waals surface area contributed by atoms with Gasteiger partial charge in [-0.3, -0.25) is 4.90 Å². The third kappa shape index (κ3) is 3.07. The summed E-state index contributed by atoms with van der Waals surface area (Å²) in [6.07, 6.45) is 0. The lowest BCUT2D eigenvalue weighted by Gasteiger charge is -2.33. The van der Waals surface area contributed by atoms with Gasteiger partial charge in [0.05, 0.1) is 0 Å². The highest BCUT2D eigenvalue weighted by Gasteiger charge is 2.18. The second kappa shape index (κ2) is 5.64. The van der Waals surface area contributed by atoms with E-state index >= 15 is 0 Å². The molecule has 1 aliphatic rings. The molecule has 92 valence electrons. The average Bonchev–Trinajstić information content (AvgIpc) is 2.39. The Labute approximate surface area is 102 Å². The maximum atomic E-state index is 9.04. The molecule has 4 nitrogen and oxygen atoms in total. The summed E-state index contributed by atoms with van der Waals surface area (Å²) in [6, 6.07) is 7.88. The molecule has 0 saturated carbocycles. The second-order valence-electron chi connectivity index (χ2n) is 4.50. The van der Waals surface area contributed by atoms with E-state index in [1.54, 1.807) is 12.1 Å². The van der Waals surface area contributed by atoms with Gasteiger partial charge in [-0.15, -0.1) is 0 Å². The molecule has 17 heavy (non-hydrogen) atoms. The number of benzene rings is 1. The molecule has 0 unspecified atom stereocenters. The molecule has 0 bridgehead atoms. The van der Waals surface area contributed by atoms with E-state index in [9.17, 15) is 0 Å². The molecule has 1 saturated heterocycles.